The first-order valence-electron chi connectivity index (χ1n) is 7.12. The highest BCUT2D eigenvalue weighted by molar-refractivity contribution is 7.66. The molecule has 1 aliphatic rings. The first-order valence-corrected chi connectivity index (χ1v) is 11.6. The number of ether oxygens (including phenoxy) is 1. The standard InChI is InChI=1S/C9H15FN3O12P3/c10-9(13-4-2-7(11)12-8(13)14)3-1-6(23-9)5-22-27(18,19)25-28(20,21)24-26(15,16)17/h2,4,6H,1,3,5H2,(H,18,19)(H,20,21)(H2,11,12,14)(H2,15,16,17)/t6-,9-/m0/s1. The fourth-order valence-corrected chi connectivity index (χ4v) is 5.21. The molecule has 0 radical (unpaired) electrons. The predicted octanol–water partition coefficient (Wildman–Crippen LogP) is -0.0724. The van der Waals surface area contributed by atoms with Crippen LogP contribution in [-0.2, 0) is 37.6 Å². The first-order chi connectivity index (χ1) is 12.6. The molecule has 4 atom stereocenters. The van der Waals surface area contributed by atoms with E-state index in [1.54, 1.807) is 0 Å². The molecule has 2 heterocycles. The molecule has 1 fully saturated rings. The van der Waals surface area contributed by atoms with Crippen LogP contribution < -0.4 is 11.4 Å². The van der Waals surface area contributed by atoms with Gasteiger partial charge in [-0.05, 0) is 12.5 Å². The van der Waals surface area contributed by atoms with E-state index < -0.39 is 47.8 Å². The topological polar surface area (TPSA) is 230 Å². The van der Waals surface area contributed by atoms with Gasteiger partial charge in [-0.15, -0.1) is 0 Å². The van der Waals surface area contributed by atoms with Crippen LogP contribution in [0.2, 0.25) is 0 Å². The SMILES string of the molecule is Nc1ccn([C@@]2(F)CC[C@@H](COP(=O)(O)OP(=O)(O)OP(=O)(O)O)O2)c(=O)n1. The van der Waals surface area contributed by atoms with Gasteiger partial charge in [0.05, 0.1) is 12.7 Å². The minimum absolute atomic E-state index is 0.108. The molecule has 160 valence electrons. The Bertz CT molecular complexity index is 934. The number of phosphoric acid groups is 3. The lowest BCUT2D eigenvalue weighted by Crippen LogP contribution is -2.39. The van der Waals surface area contributed by atoms with Crippen LogP contribution in [0.15, 0.2) is 17.1 Å². The summed E-state index contributed by atoms with van der Waals surface area (Å²) in [6, 6.07) is 1.14. The second-order valence-electron chi connectivity index (χ2n) is 5.36. The summed E-state index contributed by atoms with van der Waals surface area (Å²) in [6.07, 6.45) is -0.680. The van der Waals surface area contributed by atoms with Gasteiger partial charge < -0.3 is 30.0 Å². The van der Waals surface area contributed by atoms with E-state index in [1.165, 1.54) is 0 Å². The quantitative estimate of drug-likeness (QED) is 0.314. The molecule has 0 saturated carbocycles. The number of halogens is 1. The molecule has 15 nitrogen and oxygen atoms in total. The normalized spacial score (nSPS) is 27.2. The van der Waals surface area contributed by atoms with Gasteiger partial charge in [0.1, 0.15) is 5.82 Å². The number of nitrogen functional groups attached to an aromatic ring is 1. The predicted molar refractivity (Wildman–Crippen MR) is 85.9 cm³/mol. The Balaban J connectivity index is 1.98. The molecule has 0 bridgehead atoms. The largest absolute Gasteiger partial charge is 0.490 e. The van der Waals surface area contributed by atoms with E-state index in [-0.39, 0.29) is 18.7 Å². The molecule has 1 saturated heterocycles. The second-order valence-corrected chi connectivity index (χ2v) is 9.78. The summed E-state index contributed by atoms with van der Waals surface area (Å²) in [6.45, 7) is -0.841. The molecule has 19 heteroatoms. The van der Waals surface area contributed by atoms with Gasteiger partial charge in [0.25, 0.3) is 5.98 Å². The first kappa shape index (κ1) is 23.3. The van der Waals surface area contributed by atoms with Gasteiger partial charge in [-0.2, -0.15) is 18.0 Å². The Morgan fingerprint density at radius 1 is 1.29 bits per heavy atom. The molecular formula is C9H15FN3O12P3. The molecule has 6 N–H and O–H groups in total. The van der Waals surface area contributed by atoms with Gasteiger partial charge in [-0.3, -0.25) is 4.52 Å². The summed E-state index contributed by atoms with van der Waals surface area (Å²) in [5.74, 6) is -2.80. The lowest BCUT2D eigenvalue weighted by Gasteiger charge is -2.23. The smallest absolute Gasteiger partial charge is 0.383 e. The van der Waals surface area contributed by atoms with Gasteiger partial charge >= 0.3 is 29.2 Å². The fraction of sp³-hybridized carbons (Fsp3) is 0.556. The van der Waals surface area contributed by atoms with Crippen LogP contribution in [0.5, 0.6) is 0 Å². The summed E-state index contributed by atoms with van der Waals surface area (Å²) >= 11 is 0. The molecular weight excluding hydrogens is 454 g/mol. The van der Waals surface area contributed by atoms with E-state index in [9.17, 15) is 27.8 Å². The third-order valence-electron chi connectivity index (χ3n) is 3.15. The summed E-state index contributed by atoms with van der Waals surface area (Å²) in [4.78, 5) is 50.3. The van der Waals surface area contributed by atoms with Crippen molar-refractivity contribution in [3.8, 4) is 0 Å². The lowest BCUT2D eigenvalue weighted by atomic mass is 10.2. The van der Waals surface area contributed by atoms with Crippen LogP contribution in [0.1, 0.15) is 12.8 Å². The van der Waals surface area contributed by atoms with Crippen LogP contribution in [0.4, 0.5) is 10.2 Å². The zero-order chi connectivity index (χ0) is 21.4. The van der Waals surface area contributed by atoms with E-state index in [0.29, 0.717) is 4.57 Å². The van der Waals surface area contributed by atoms with Crippen molar-refractivity contribution in [2.45, 2.75) is 24.9 Å². The van der Waals surface area contributed by atoms with E-state index in [0.717, 1.165) is 12.3 Å². The van der Waals surface area contributed by atoms with Crippen molar-refractivity contribution < 1.29 is 55.5 Å². The molecule has 1 aliphatic heterocycles. The van der Waals surface area contributed by atoms with Gasteiger partial charge in [-0.1, -0.05) is 0 Å². The van der Waals surface area contributed by atoms with Crippen LogP contribution in [-0.4, -0.2) is 41.8 Å². The molecule has 0 amide bonds. The van der Waals surface area contributed by atoms with Crippen molar-refractivity contribution in [2.24, 2.45) is 0 Å². The highest BCUT2D eigenvalue weighted by Gasteiger charge is 2.45. The van der Waals surface area contributed by atoms with Gasteiger partial charge in [0.2, 0.25) is 0 Å². The number of aromatic nitrogens is 2. The average Bonchev–Trinajstić information content (AvgIpc) is 2.84. The van der Waals surface area contributed by atoms with Crippen LogP contribution in [0, 0.1) is 0 Å². The molecule has 0 aliphatic carbocycles. The molecule has 28 heavy (non-hydrogen) atoms. The summed E-state index contributed by atoms with van der Waals surface area (Å²) in [7, 11) is -16.5. The zero-order valence-corrected chi connectivity index (χ0v) is 16.3. The summed E-state index contributed by atoms with van der Waals surface area (Å²) < 4.78 is 65.0. The number of rotatable bonds is 8. The fourth-order valence-electron chi connectivity index (χ4n) is 2.16. The molecule has 0 spiro atoms. The number of alkyl halides is 1. The maximum Gasteiger partial charge on any atom is 0.490 e. The Hall–Kier alpha value is -1.02. The molecule has 1 aromatic heterocycles. The van der Waals surface area contributed by atoms with Gasteiger partial charge in [0.15, 0.2) is 0 Å². The zero-order valence-electron chi connectivity index (χ0n) is 13.6. The molecule has 1 aromatic rings. The van der Waals surface area contributed by atoms with E-state index in [4.69, 9.17) is 25.2 Å². The van der Waals surface area contributed by atoms with E-state index >= 15 is 0 Å². The molecule has 2 rings (SSSR count). The minimum Gasteiger partial charge on any atom is -0.383 e. The van der Waals surface area contributed by atoms with Gasteiger partial charge in [-0.25, -0.2) is 23.1 Å². The van der Waals surface area contributed by atoms with Crippen molar-refractivity contribution >= 4 is 29.3 Å². The Morgan fingerprint density at radius 3 is 2.50 bits per heavy atom. The monoisotopic (exact) mass is 469 g/mol. The third kappa shape index (κ3) is 6.51. The van der Waals surface area contributed by atoms with Crippen LogP contribution in [0.25, 0.3) is 0 Å². The number of anilines is 1. The number of hydrogen-bond acceptors (Lipinski definition) is 10. The molecule has 2 unspecified atom stereocenters. The Labute approximate surface area is 155 Å². The van der Waals surface area contributed by atoms with Crippen molar-refractivity contribution in [1.82, 2.24) is 9.55 Å². The summed E-state index contributed by atoms with van der Waals surface area (Å²) in [5, 5.41) is 0. The highest BCUT2D eigenvalue weighted by Crippen LogP contribution is 2.66. The van der Waals surface area contributed by atoms with Crippen LogP contribution in [0.3, 0.4) is 0 Å². The van der Waals surface area contributed by atoms with E-state index in [1.807, 2.05) is 0 Å². The maximum absolute atomic E-state index is 14.8. The van der Waals surface area contributed by atoms with Crippen molar-refractivity contribution in [1.29, 1.82) is 0 Å². The molecule has 0 aromatic carbocycles. The van der Waals surface area contributed by atoms with Crippen molar-refractivity contribution in [3.05, 3.63) is 22.7 Å². The number of nitrogens with two attached hydrogens (primary N) is 1. The third-order valence-corrected chi connectivity index (χ3v) is 6.95. The highest BCUT2D eigenvalue weighted by atomic mass is 31.3. The Kier molecular flexibility index (Phi) is 6.66. The summed E-state index contributed by atoms with van der Waals surface area (Å²) in [5.41, 5.74) is 4.25. The Morgan fingerprint density at radius 2 is 1.93 bits per heavy atom. The van der Waals surface area contributed by atoms with Crippen molar-refractivity contribution in [3.63, 3.8) is 0 Å². The van der Waals surface area contributed by atoms with Crippen LogP contribution >= 0.6 is 23.5 Å². The number of hydrogen-bond donors (Lipinski definition) is 5. The number of nitrogens with zero attached hydrogens (tertiary/aromatic N) is 2. The lowest BCUT2D eigenvalue weighted by molar-refractivity contribution is -0.203. The number of phosphoric ester groups is 1. The van der Waals surface area contributed by atoms with Crippen molar-refractivity contribution in [2.75, 3.05) is 12.3 Å². The second kappa shape index (κ2) is 8.01. The van der Waals surface area contributed by atoms with Gasteiger partial charge in [0, 0.05) is 12.6 Å². The average molecular weight is 469 g/mol. The van der Waals surface area contributed by atoms with E-state index in [2.05, 4.69) is 18.1 Å². The maximum atomic E-state index is 14.8. The minimum atomic E-state index is -5.66.